The van der Waals surface area contributed by atoms with Crippen LogP contribution in [0.3, 0.4) is 0 Å². The van der Waals surface area contributed by atoms with E-state index in [1.54, 1.807) is 18.3 Å². The summed E-state index contributed by atoms with van der Waals surface area (Å²) in [5.41, 5.74) is 2.21. The first-order chi connectivity index (χ1) is 12.6. The van der Waals surface area contributed by atoms with Gasteiger partial charge in [0.1, 0.15) is 17.3 Å². The lowest BCUT2D eigenvalue weighted by Crippen LogP contribution is -2.22. The molecule has 2 aliphatic rings. The first-order valence-electron chi connectivity index (χ1n) is 8.88. The number of hydrogen-bond acceptors (Lipinski definition) is 4. The highest BCUT2D eigenvalue weighted by Crippen LogP contribution is 2.32. The summed E-state index contributed by atoms with van der Waals surface area (Å²) in [6.45, 7) is 0. The van der Waals surface area contributed by atoms with Crippen LogP contribution in [0, 0.1) is 11.8 Å². The Bertz CT molecular complexity index is 861. The number of nitrogens with zero attached hydrogens (tertiary/aromatic N) is 1. The molecule has 0 saturated heterocycles. The summed E-state index contributed by atoms with van der Waals surface area (Å²) in [5, 5.41) is 12.0. The van der Waals surface area contributed by atoms with E-state index in [0.717, 1.165) is 24.8 Å². The third kappa shape index (κ3) is 3.69. The first-order valence-corrected chi connectivity index (χ1v) is 8.88. The van der Waals surface area contributed by atoms with Crippen molar-refractivity contribution in [2.45, 2.75) is 32.1 Å². The van der Waals surface area contributed by atoms with Crippen molar-refractivity contribution in [3.8, 4) is 11.5 Å². The first kappa shape index (κ1) is 16.6. The number of rotatable bonds is 5. The average Bonchev–Trinajstić information content (AvgIpc) is 3.46. The number of carbonyl (C=O) groups is 2. The van der Waals surface area contributed by atoms with E-state index >= 15 is 0 Å². The van der Waals surface area contributed by atoms with Crippen molar-refractivity contribution in [2.75, 3.05) is 5.32 Å². The van der Waals surface area contributed by atoms with Crippen molar-refractivity contribution in [1.82, 2.24) is 4.98 Å². The smallest absolute Gasteiger partial charge is 0.306 e. The number of amides is 1. The van der Waals surface area contributed by atoms with Gasteiger partial charge in [-0.2, -0.15) is 0 Å². The SMILES string of the molecule is O=C(Nc1cc(Oc2ccc3c(c2)C[C@@H](C(=O)O)CC3)ccn1)C1CC1. The zero-order valence-electron chi connectivity index (χ0n) is 14.3. The number of ether oxygens (including phenoxy) is 1. The number of aryl methyl sites for hydroxylation is 1. The number of aliphatic carboxylic acids is 1. The van der Waals surface area contributed by atoms with Crippen molar-refractivity contribution in [1.29, 1.82) is 0 Å². The fourth-order valence-corrected chi connectivity index (χ4v) is 3.26. The van der Waals surface area contributed by atoms with Gasteiger partial charge in [-0.05, 0) is 61.4 Å². The van der Waals surface area contributed by atoms with Crippen LogP contribution in [-0.4, -0.2) is 22.0 Å². The molecule has 0 spiro atoms. The van der Waals surface area contributed by atoms with Gasteiger partial charge in [-0.1, -0.05) is 6.07 Å². The fourth-order valence-electron chi connectivity index (χ4n) is 3.26. The standard InChI is InChI=1S/C20H20N2O4/c23-19(13-2-3-13)22-18-11-17(7-8-21-18)26-16-6-5-12-1-4-14(20(24)25)9-15(12)10-16/h5-8,10-11,13-14H,1-4,9H2,(H,24,25)(H,21,22,23)/t14-/m0/s1. The Morgan fingerprint density at radius 2 is 1.85 bits per heavy atom. The topological polar surface area (TPSA) is 88.5 Å². The van der Waals surface area contributed by atoms with E-state index in [1.807, 2.05) is 18.2 Å². The third-order valence-corrected chi connectivity index (χ3v) is 4.92. The number of fused-ring (bicyclic) bond motifs is 1. The van der Waals surface area contributed by atoms with E-state index < -0.39 is 5.97 Å². The molecule has 0 bridgehead atoms. The van der Waals surface area contributed by atoms with Gasteiger partial charge in [-0.25, -0.2) is 4.98 Å². The number of aromatic nitrogens is 1. The Balaban J connectivity index is 1.48. The summed E-state index contributed by atoms with van der Waals surface area (Å²) in [5.74, 6) is 0.753. The number of hydrogen-bond donors (Lipinski definition) is 2. The van der Waals surface area contributed by atoms with Crippen LogP contribution < -0.4 is 10.1 Å². The molecule has 6 heteroatoms. The van der Waals surface area contributed by atoms with Crippen molar-refractivity contribution in [3.63, 3.8) is 0 Å². The van der Waals surface area contributed by atoms with E-state index in [1.165, 1.54) is 5.56 Å². The summed E-state index contributed by atoms with van der Waals surface area (Å²) >= 11 is 0. The van der Waals surface area contributed by atoms with E-state index in [4.69, 9.17) is 4.74 Å². The molecule has 4 rings (SSSR count). The molecule has 1 fully saturated rings. The van der Waals surface area contributed by atoms with E-state index in [-0.39, 0.29) is 17.7 Å². The van der Waals surface area contributed by atoms with Crippen molar-refractivity contribution in [3.05, 3.63) is 47.7 Å². The fraction of sp³-hybridized carbons (Fsp3) is 0.350. The summed E-state index contributed by atoms with van der Waals surface area (Å²) in [6, 6.07) is 9.22. The lowest BCUT2D eigenvalue weighted by atomic mass is 9.84. The molecule has 2 aliphatic carbocycles. The third-order valence-electron chi connectivity index (χ3n) is 4.92. The van der Waals surface area contributed by atoms with Crippen LogP contribution in [0.4, 0.5) is 5.82 Å². The summed E-state index contributed by atoms with van der Waals surface area (Å²) in [7, 11) is 0. The minimum atomic E-state index is -0.743. The maximum Gasteiger partial charge on any atom is 0.306 e. The van der Waals surface area contributed by atoms with Gasteiger partial charge in [0.2, 0.25) is 5.91 Å². The molecule has 6 nitrogen and oxygen atoms in total. The summed E-state index contributed by atoms with van der Waals surface area (Å²) in [6.07, 6.45) is 5.46. The molecule has 1 atom stereocenters. The molecule has 1 heterocycles. The van der Waals surface area contributed by atoms with E-state index in [9.17, 15) is 14.7 Å². The predicted octanol–water partition coefficient (Wildman–Crippen LogP) is 3.41. The van der Waals surface area contributed by atoms with Crippen LogP contribution >= 0.6 is 0 Å². The molecule has 0 radical (unpaired) electrons. The highest BCUT2D eigenvalue weighted by atomic mass is 16.5. The summed E-state index contributed by atoms with van der Waals surface area (Å²) < 4.78 is 5.90. The quantitative estimate of drug-likeness (QED) is 0.861. The zero-order valence-corrected chi connectivity index (χ0v) is 14.3. The predicted molar refractivity (Wildman–Crippen MR) is 95.3 cm³/mol. The van der Waals surface area contributed by atoms with Crippen LogP contribution in [0.1, 0.15) is 30.4 Å². The molecule has 0 unspecified atom stereocenters. The Kier molecular flexibility index (Phi) is 4.32. The van der Waals surface area contributed by atoms with Gasteiger partial charge in [0.25, 0.3) is 0 Å². The molecule has 0 aliphatic heterocycles. The molecule has 2 N–H and O–H groups in total. The van der Waals surface area contributed by atoms with Crippen LogP contribution in [0.5, 0.6) is 11.5 Å². The molecule has 1 aromatic heterocycles. The highest BCUT2D eigenvalue weighted by molar-refractivity contribution is 5.93. The molecular formula is C20H20N2O4. The van der Waals surface area contributed by atoms with Crippen molar-refractivity contribution < 1.29 is 19.4 Å². The molecule has 1 saturated carbocycles. The minimum Gasteiger partial charge on any atom is -0.481 e. The zero-order chi connectivity index (χ0) is 18.1. The molecule has 1 amide bonds. The Labute approximate surface area is 151 Å². The Morgan fingerprint density at radius 1 is 1.04 bits per heavy atom. The van der Waals surface area contributed by atoms with Gasteiger partial charge in [0.05, 0.1) is 5.92 Å². The van der Waals surface area contributed by atoms with Gasteiger partial charge >= 0.3 is 5.97 Å². The van der Waals surface area contributed by atoms with Crippen molar-refractivity contribution in [2.24, 2.45) is 11.8 Å². The van der Waals surface area contributed by atoms with Crippen LogP contribution in [0.2, 0.25) is 0 Å². The lowest BCUT2D eigenvalue weighted by molar-refractivity contribution is -0.142. The molecule has 2 aromatic rings. The van der Waals surface area contributed by atoms with Gasteiger partial charge in [-0.15, -0.1) is 0 Å². The van der Waals surface area contributed by atoms with Crippen molar-refractivity contribution >= 4 is 17.7 Å². The number of carboxylic acid groups (broad SMARTS) is 1. The van der Waals surface area contributed by atoms with Crippen LogP contribution in [0.25, 0.3) is 0 Å². The number of carbonyl (C=O) groups excluding carboxylic acids is 1. The molecule has 134 valence electrons. The second kappa shape index (κ2) is 6.78. The molecule has 1 aromatic carbocycles. The highest BCUT2D eigenvalue weighted by Gasteiger charge is 2.29. The van der Waals surface area contributed by atoms with E-state index in [0.29, 0.717) is 30.2 Å². The molecular weight excluding hydrogens is 332 g/mol. The minimum absolute atomic E-state index is 0.00291. The normalized spacial score (nSPS) is 18.7. The van der Waals surface area contributed by atoms with Gasteiger partial charge in [0, 0.05) is 18.2 Å². The van der Waals surface area contributed by atoms with E-state index in [2.05, 4.69) is 10.3 Å². The number of anilines is 1. The monoisotopic (exact) mass is 352 g/mol. The number of pyridine rings is 1. The second-order valence-corrected chi connectivity index (χ2v) is 6.95. The number of carboxylic acids is 1. The number of benzene rings is 1. The second-order valence-electron chi connectivity index (χ2n) is 6.95. The van der Waals surface area contributed by atoms with Crippen LogP contribution in [0.15, 0.2) is 36.5 Å². The maximum atomic E-state index is 11.9. The lowest BCUT2D eigenvalue weighted by Gasteiger charge is -2.22. The molecule has 26 heavy (non-hydrogen) atoms. The Morgan fingerprint density at radius 3 is 2.62 bits per heavy atom. The van der Waals surface area contributed by atoms with Gasteiger partial charge in [-0.3, -0.25) is 9.59 Å². The van der Waals surface area contributed by atoms with Gasteiger partial charge in [0.15, 0.2) is 0 Å². The van der Waals surface area contributed by atoms with Crippen LogP contribution in [-0.2, 0) is 22.4 Å². The largest absolute Gasteiger partial charge is 0.481 e. The maximum absolute atomic E-state index is 11.9. The van der Waals surface area contributed by atoms with Gasteiger partial charge < -0.3 is 15.2 Å². The average molecular weight is 352 g/mol. The summed E-state index contributed by atoms with van der Waals surface area (Å²) in [4.78, 5) is 27.2. The number of nitrogens with one attached hydrogen (secondary N) is 1. The Hall–Kier alpha value is -2.89.